The lowest BCUT2D eigenvalue weighted by Gasteiger charge is -2.22. The average Bonchev–Trinajstić information content (AvgIpc) is 3.11. The highest BCUT2D eigenvalue weighted by Gasteiger charge is 2.20. The van der Waals surface area contributed by atoms with Gasteiger partial charge in [0.25, 0.3) is 0 Å². The summed E-state index contributed by atoms with van der Waals surface area (Å²) in [4.78, 5) is 5.86. The van der Waals surface area contributed by atoms with Crippen molar-refractivity contribution in [1.29, 1.82) is 0 Å². The van der Waals surface area contributed by atoms with Gasteiger partial charge in [-0.25, -0.2) is 4.98 Å². The molecule has 0 radical (unpaired) electrons. The Bertz CT molecular complexity index is 730. The minimum Gasteiger partial charge on any atom is -0.308 e. The van der Waals surface area contributed by atoms with E-state index in [0.717, 1.165) is 24.9 Å². The molecule has 1 aliphatic carbocycles. The monoisotopic (exact) mass is 284 g/mol. The van der Waals surface area contributed by atoms with E-state index in [9.17, 15) is 0 Å². The maximum Gasteiger partial charge on any atom is 0.0924 e. The summed E-state index contributed by atoms with van der Waals surface area (Å²) in [5, 5.41) is 12.4. The van der Waals surface area contributed by atoms with Crippen LogP contribution in [0.15, 0.2) is 29.8 Å². The maximum absolute atomic E-state index is 4.42. The second-order valence-corrected chi connectivity index (χ2v) is 6.20. The number of aromatic nitrogens is 3. The molecule has 0 spiro atoms. The Balaban J connectivity index is 1.46. The van der Waals surface area contributed by atoms with Gasteiger partial charge in [-0.05, 0) is 25.3 Å². The molecule has 1 aliphatic rings. The Morgan fingerprint density at radius 2 is 2.30 bits per heavy atom. The molecule has 0 aliphatic heterocycles. The van der Waals surface area contributed by atoms with Crippen LogP contribution in [0.4, 0.5) is 0 Å². The second-order valence-electron chi connectivity index (χ2n) is 5.26. The lowest BCUT2D eigenvalue weighted by atomic mass is 9.97. The molecule has 20 heavy (non-hydrogen) atoms. The Kier molecular flexibility index (Phi) is 3.01. The van der Waals surface area contributed by atoms with Crippen LogP contribution in [0.3, 0.4) is 0 Å². The van der Waals surface area contributed by atoms with E-state index in [0.29, 0.717) is 6.04 Å². The number of hydrogen-bond donors (Lipinski definition) is 2. The number of rotatable bonds is 3. The zero-order chi connectivity index (χ0) is 13.4. The standard InChI is InChI=1S/C15H16N4S/c1-2-4-12-11(3-1)14(19-18-12)8-16-10-5-6-13-15(7-10)20-9-17-13/h1-4,9-10,16H,5-8H2,(H,18,19)/t10-/m0/s1. The van der Waals surface area contributed by atoms with E-state index in [4.69, 9.17) is 0 Å². The topological polar surface area (TPSA) is 53.6 Å². The summed E-state index contributed by atoms with van der Waals surface area (Å²) in [5.41, 5.74) is 5.49. The number of hydrogen-bond acceptors (Lipinski definition) is 4. The van der Waals surface area contributed by atoms with Gasteiger partial charge >= 0.3 is 0 Å². The van der Waals surface area contributed by atoms with Crippen molar-refractivity contribution >= 4 is 22.2 Å². The van der Waals surface area contributed by atoms with Gasteiger partial charge in [0.2, 0.25) is 0 Å². The summed E-state index contributed by atoms with van der Waals surface area (Å²) in [6.45, 7) is 0.847. The van der Waals surface area contributed by atoms with E-state index < -0.39 is 0 Å². The summed E-state index contributed by atoms with van der Waals surface area (Å²) in [7, 11) is 0. The Morgan fingerprint density at radius 1 is 1.35 bits per heavy atom. The van der Waals surface area contributed by atoms with Crippen molar-refractivity contribution in [2.75, 3.05) is 0 Å². The van der Waals surface area contributed by atoms with E-state index in [1.165, 1.54) is 28.1 Å². The molecule has 2 heterocycles. The molecule has 1 aromatic carbocycles. The first kappa shape index (κ1) is 12.1. The largest absolute Gasteiger partial charge is 0.308 e. The van der Waals surface area contributed by atoms with Crippen LogP contribution in [0.1, 0.15) is 22.7 Å². The molecule has 5 heteroatoms. The number of fused-ring (bicyclic) bond motifs is 2. The molecule has 4 nitrogen and oxygen atoms in total. The smallest absolute Gasteiger partial charge is 0.0924 e. The molecule has 0 fully saturated rings. The van der Waals surface area contributed by atoms with Gasteiger partial charge in [0.15, 0.2) is 0 Å². The maximum atomic E-state index is 4.42. The van der Waals surface area contributed by atoms with Crippen LogP contribution in [0.25, 0.3) is 10.9 Å². The molecule has 3 aromatic rings. The molecule has 2 aromatic heterocycles. The predicted octanol–water partition coefficient (Wildman–Crippen LogP) is 2.67. The third-order valence-corrected chi connectivity index (χ3v) is 4.89. The highest BCUT2D eigenvalue weighted by molar-refractivity contribution is 7.09. The Labute approximate surface area is 121 Å². The fourth-order valence-corrected chi connectivity index (χ4v) is 3.77. The number of aryl methyl sites for hydroxylation is 1. The highest BCUT2D eigenvalue weighted by Crippen LogP contribution is 2.24. The normalized spacial score (nSPS) is 18.3. The van der Waals surface area contributed by atoms with Gasteiger partial charge in [-0.3, -0.25) is 5.10 Å². The number of para-hydroxylation sites is 1. The summed E-state index contributed by atoms with van der Waals surface area (Å²) in [6, 6.07) is 8.79. The molecule has 0 amide bonds. The van der Waals surface area contributed by atoms with Crippen LogP contribution >= 0.6 is 11.3 Å². The zero-order valence-electron chi connectivity index (χ0n) is 11.1. The van der Waals surface area contributed by atoms with Crippen LogP contribution in [0.2, 0.25) is 0 Å². The number of thiazole rings is 1. The van der Waals surface area contributed by atoms with Crippen molar-refractivity contribution in [1.82, 2.24) is 20.5 Å². The van der Waals surface area contributed by atoms with Crippen molar-refractivity contribution in [3.05, 3.63) is 46.0 Å². The number of nitrogens with zero attached hydrogens (tertiary/aromatic N) is 2. The highest BCUT2D eigenvalue weighted by atomic mass is 32.1. The molecule has 2 N–H and O–H groups in total. The predicted molar refractivity (Wildman–Crippen MR) is 80.9 cm³/mol. The SMILES string of the molecule is c1ccc2c(CN[C@H]3CCc4ncsc4C3)[nH]nc2c1. The number of benzene rings is 1. The summed E-state index contributed by atoms with van der Waals surface area (Å²) in [5.74, 6) is 0. The molecule has 102 valence electrons. The van der Waals surface area contributed by atoms with Crippen molar-refractivity contribution < 1.29 is 0 Å². The van der Waals surface area contributed by atoms with Gasteiger partial charge in [0.05, 0.1) is 22.4 Å². The van der Waals surface area contributed by atoms with Crippen LogP contribution in [0.5, 0.6) is 0 Å². The van der Waals surface area contributed by atoms with Gasteiger partial charge in [-0.1, -0.05) is 18.2 Å². The molecular formula is C15H16N4S. The lowest BCUT2D eigenvalue weighted by molar-refractivity contribution is 0.456. The van der Waals surface area contributed by atoms with Crippen LogP contribution in [0, 0.1) is 0 Å². The van der Waals surface area contributed by atoms with Crippen LogP contribution < -0.4 is 5.32 Å². The van der Waals surface area contributed by atoms with Gasteiger partial charge in [-0.2, -0.15) is 5.10 Å². The second kappa shape index (κ2) is 5.00. The fourth-order valence-electron chi connectivity index (χ4n) is 2.87. The Hall–Kier alpha value is -1.72. The van der Waals surface area contributed by atoms with Crippen LogP contribution in [-0.4, -0.2) is 21.2 Å². The minimum atomic E-state index is 0.546. The van der Waals surface area contributed by atoms with Gasteiger partial charge in [0.1, 0.15) is 0 Å². The van der Waals surface area contributed by atoms with Gasteiger partial charge < -0.3 is 5.32 Å². The minimum absolute atomic E-state index is 0.546. The zero-order valence-corrected chi connectivity index (χ0v) is 11.9. The third kappa shape index (κ3) is 2.13. The number of aromatic amines is 1. The van der Waals surface area contributed by atoms with E-state index >= 15 is 0 Å². The quantitative estimate of drug-likeness (QED) is 0.777. The van der Waals surface area contributed by atoms with E-state index in [1.807, 2.05) is 17.6 Å². The molecule has 0 saturated carbocycles. The molecular weight excluding hydrogens is 268 g/mol. The number of nitrogens with one attached hydrogen (secondary N) is 2. The lowest BCUT2D eigenvalue weighted by Crippen LogP contribution is -2.33. The average molecular weight is 284 g/mol. The van der Waals surface area contributed by atoms with E-state index in [-0.39, 0.29) is 0 Å². The molecule has 0 unspecified atom stereocenters. The van der Waals surface area contributed by atoms with Gasteiger partial charge in [-0.15, -0.1) is 11.3 Å². The van der Waals surface area contributed by atoms with Gasteiger partial charge in [0, 0.05) is 22.8 Å². The molecule has 1 atom stereocenters. The van der Waals surface area contributed by atoms with Crippen molar-refractivity contribution in [2.45, 2.75) is 31.8 Å². The third-order valence-electron chi connectivity index (χ3n) is 3.99. The first-order chi connectivity index (χ1) is 9.90. The van der Waals surface area contributed by atoms with Crippen molar-refractivity contribution in [3.63, 3.8) is 0 Å². The summed E-state index contributed by atoms with van der Waals surface area (Å²) >= 11 is 1.78. The summed E-state index contributed by atoms with van der Waals surface area (Å²) in [6.07, 6.45) is 3.37. The first-order valence-electron chi connectivity index (χ1n) is 6.97. The molecule has 0 saturated heterocycles. The number of H-pyrrole nitrogens is 1. The first-order valence-corrected chi connectivity index (χ1v) is 7.85. The van der Waals surface area contributed by atoms with Crippen molar-refractivity contribution in [3.8, 4) is 0 Å². The van der Waals surface area contributed by atoms with E-state index in [2.05, 4.69) is 32.6 Å². The molecule has 4 rings (SSSR count). The Morgan fingerprint density at radius 3 is 3.30 bits per heavy atom. The van der Waals surface area contributed by atoms with Crippen molar-refractivity contribution in [2.24, 2.45) is 0 Å². The summed E-state index contributed by atoms with van der Waals surface area (Å²) < 4.78 is 0. The van der Waals surface area contributed by atoms with E-state index in [1.54, 1.807) is 11.3 Å². The van der Waals surface area contributed by atoms with Crippen LogP contribution in [-0.2, 0) is 19.4 Å². The fraction of sp³-hybridized carbons (Fsp3) is 0.333. The molecule has 0 bridgehead atoms.